The number of nitrogens with zero attached hydrogens (tertiary/aromatic N) is 2. The van der Waals surface area contributed by atoms with Gasteiger partial charge in [0.25, 0.3) is 5.91 Å². The van der Waals surface area contributed by atoms with Crippen molar-refractivity contribution in [2.75, 3.05) is 0 Å². The maximum absolute atomic E-state index is 12.5. The van der Waals surface area contributed by atoms with Crippen molar-refractivity contribution in [3.8, 4) is 11.4 Å². The van der Waals surface area contributed by atoms with Gasteiger partial charge in [-0.05, 0) is 42.0 Å². The van der Waals surface area contributed by atoms with Gasteiger partial charge < -0.3 is 14.3 Å². The molecular weight excluding hydrogens is 378 g/mol. The molecule has 7 heteroatoms. The molecule has 0 spiro atoms. The van der Waals surface area contributed by atoms with E-state index < -0.39 is 6.04 Å². The van der Waals surface area contributed by atoms with Crippen LogP contribution < -0.4 is 5.32 Å². The number of carbonyl (C=O) groups is 1. The average molecular weight is 394 g/mol. The summed E-state index contributed by atoms with van der Waals surface area (Å²) in [5, 5.41) is 7.58. The number of carbonyl (C=O) groups excluding carboxylic acids is 1. The van der Waals surface area contributed by atoms with E-state index in [0.717, 1.165) is 11.1 Å². The summed E-state index contributed by atoms with van der Waals surface area (Å²) in [7, 11) is 0. The number of amides is 1. The summed E-state index contributed by atoms with van der Waals surface area (Å²) in [4.78, 5) is 17.0. The molecule has 0 radical (unpaired) electrons. The van der Waals surface area contributed by atoms with E-state index >= 15 is 0 Å². The zero-order valence-electron chi connectivity index (χ0n) is 14.7. The van der Waals surface area contributed by atoms with Gasteiger partial charge in [0.05, 0.1) is 6.26 Å². The first-order chi connectivity index (χ1) is 13.7. The minimum absolute atomic E-state index is 0.218. The highest BCUT2D eigenvalue weighted by molar-refractivity contribution is 6.30. The summed E-state index contributed by atoms with van der Waals surface area (Å²) >= 11 is 5.93. The number of hydrogen-bond donors (Lipinski definition) is 1. The summed E-state index contributed by atoms with van der Waals surface area (Å²) in [5.41, 5.74) is 1.80. The van der Waals surface area contributed by atoms with Crippen LogP contribution >= 0.6 is 11.6 Å². The lowest BCUT2D eigenvalue weighted by Gasteiger charge is -2.14. The Morgan fingerprint density at radius 3 is 2.54 bits per heavy atom. The molecule has 4 aromatic rings. The van der Waals surface area contributed by atoms with Gasteiger partial charge in [-0.3, -0.25) is 4.79 Å². The second kappa shape index (κ2) is 8.10. The van der Waals surface area contributed by atoms with Crippen LogP contribution in [-0.2, 0) is 6.42 Å². The van der Waals surface area contributed by atoms with Crippen LogP contribution in [0.1, 0.15) is 28.1 Å². The van der Waals surface area contributed by atoms with E-state index in [9.17, 15) is 4.79 Å². The van der Waals surface area contributed by atoms with Gasteiger partial charge in [0.2, 0.25) is 11.7 Å². The van der Waals surface area contributed by atoms with Crippen molar-refractivity contribution >= 4 is 17.5 Å². The molecule has 0 aliphatic carbocycles. The molecule has 0 fully saturated rings. The van der Waals surface area contributed by atoms with Gasteiger partial charge in [0, 0.05) is 17.0 Å². The molecule has 1 N–H and O–H groups in total. The summed E-state index contributed by atoms with van der Waals surface area (Å²) < 4.78 is 10.6. The molecule has 4 rings (SSSR count). The second-order valence-corrected chi connectivity index (χ2v) is 6.59. The molecule has 2 aromatic carbocycles. The molecule has 0 aliphatic rings. The molecular formula is C21H16ClN3O3. The van der Waals surface area contributed by atoms with Gasteiger partial charge in [-0.1, -0.05) is 47.1 Å². The summed E-state index contributed by atoms with van der Waals surface area (Å²) in [5.74, 6) is 0.610. The Labute approximate surface area is 166 Å². The SMILES string of the molecule is O=C(NC(Cc1ccccc1)c1nc(-c2ccc(Cl)cc2)no1)c1ccco1. The van der Waals surface area contributed by atoms with Crippen LogP contribution in [0.25, 0.3) is 11.4 Å². The molecule has 28 heavy (non-hydrogen) atoms. The number of rotatable bonds is 6. The van der Waals surface area contributed by atoms with Gasteiger partial charge in [-0.25, -0.2) is 0 Å². The highest BCUT2D eigenvalue weighted by Crippen LogP contribution is 2.23. The fourth-order valence-corrected chi connectivity index (χ4v) is 2.91. The van der Waals surface area contributed by atoms with E-state index in [1.165, 1.54) is 6.26 Å². The highest BCUT2D eigenvalue weighted by Gasteiger charge is 2.24. The molecule has 0 bridgehead atoms. The van der Waals surface area contributed by atoms with Crippen molar-refractivity contribution in [2.45, 2.75) is 12.5 Å². The number of furan rings is 1. The molecule has 1 amide bonds. The predicted molar refractivity (Wildman–Crippen MR) is 104 cm³/mol. The maximum atomic E-state index is 12.5. The lowest BCUT2D eigenvalue weighted by atomic mass is 10.1. The molecule has 140 valence electrons. The first kappa shape index (κ1) is 18.0. The lowest BCUT2D eigenvalue weighted by Crippen LogP contribution is -2.30. The van der Waals surface area contributed by atoms with Crippen molar-refractivity contribution < 1.29 is 13.7 Å². The first-order valence-corrected chi connectivity index (χ1v) is 9.04. The third-order valence-corrected chi connectivity index (χ3v) is 4.43. The fraction of sp³-hybridized carbons (Fsp3) is 0.0952. The maximum Gasteiger partial charge on any atom is 0.287 e. The van der Waals surface area contributed by atoms with E-state index in [2.05, 4.69) is 15.5 Å². The standard InChI is InChI=1S/C21H16ClN3O3/c22-16-10-8-15(9-11-16)19-24-21(28-25-19)17(13-14-5-2-1-3-6-14)23-20(26)18-7-4-12-27-18/h1-12,17H,13H2,(H,23,26). The number of nitrogens with one attached hydrogen (secondary N) is 1. The zero-order valence-corrected chi connectivity index (χ0v) is 15.5. The van der Waals surface area contributed by atoms with Crippen molar-refractivity contribution in [3.63, 3.8) is 0 Å². The van der Waals surface area contributed by atoms with Crippen LogP contribution in [0.15, 0.2) is 81.9 Å². The lowest BCUT2D eigenvalue weighted by molar-refractivity contribution is 0.0900. The summed E-state index contributed by atoms with van der Waals surface area (Å²) in [6.07, 6.45) is 1.95. The van der Waals surface area contributed by atoms with Crippen LogP contribution in [0, 0.1) is 0 Å². The predicted octanol–water partition coefficient (Wildman–Crippen LogP) is 4.70. The monoisotopic (exact) mass is 393 g/mol. The van der Waals surface area contributed by atoms with Crippen molar-refractivity contribution in [2.24, 2.45) is 0 Å². The molecule has 0 saturated carbocycles. The largest absolute Gasteiger partial charge is 0.459 e. The Morgan fingerprint density at radius 2 is 1.82 bits per heavy atom. The third kappa shape index (κ3) is 4.13. The smallest absolute Gasteiger partial charge is 0.287 e. The Kier molecular flexibility index (Phi) is 5.21. The van der Waals surface area contributed by atoms with Crippen molar-refractivity contribution in [1.29, 1.82) is 0 Å². The molecule has 6 nitrogen and oxygen atoms in total. The zero-order chi connectivity index (χ0) is 19.3. The minimum Gasteiger partial charge on any atom is -0.459 e. The second-order valence-electron chi connectivity index (χ2n) is 6.16. The Balaban J connectivity index is 1.61. The van der Waals surface area contributed by atoms with Crippen molar-refractivity contribution in [3.05, 3.63) is 95.2 Å². The van der Waals surface area contributed by atoms with Crippen molar-refractivity contribution in [1.82, 2.24) is 15.5 Å². The number of hydrogen-bond acceptors (Lipinski definition) is 5. The molecule has 0 saturated heterocycles. The van der Waals surface area contributed by atoms with Gasteiger partial charge in [-0.2, -0.15) is 4.98 Å². The van der Waals surface area contributed by atoms with E-state index in [1.54, 1.807) is 24.3 Å². The molecule has 2 heterocycles. The Bertz CT molecular complexity index is 1040. The Hall–Kier alpha value is -3.38. The number of halogens is 1. The van der Waals surface area contributed by atoms with Gasteiger partial charge in [-0.15, -0.1) is 0 Å². The summed E-state index contributed by atoms with van der Waals surface area (Å²) in [6.45, 7) is 0. The quantitative estimate of drug-likeness (QED) is 0.513. The molecule has 1 unspecified atom stereocenters. The van der Waals surface area contributed by atoms with Gasteiger partial charge >= 0.3 is 0 Å². The molecule has 0 aliphatic heterocycles. The van der Waals surface area contributed by atoms with E-state index in [-0.39, 0.29) is 11.7 Å². The third-order valence-electron chi connectivity index (χ3n) is 4.18. The molecule has 1 atom stereocenters. The average Bonchev–Trinajstić information content (AvgIpc) is 3.41. The van der Waals surface area contributed by atoms with E-state index in [1.807, 2.05) is 42.5 Å². The van der Waals surface area contributed by atoms with Gasteiger partial charge in [0.15, 0.2) is 5.76 Å². The molecule has 2 aromatic heterocycles. The van der Waals surface area contributed by atoms with E-state index in [0.29, 0.717) is 23.2 Å². The summed E-state index contributed by atoms with van der Waals surface area (Å²) in [6, 6.07) is 19.6. The minimum atomic E-state index is -0.506. The Morgan fingerprint density at radius 1 is 1.04 bits per heavy atom. The van der Waals surface area contributed by atoms with Crippen LogP contribution in [0.4, 0.5) is 0 Å². The van der Waals surface area contributed by atoms with Gasteiger partial charge in [0.1, 0.15) is 6.04 Å². The van der Waals surface area contributed by atoms with Crippen LogP contribution in [-0.4, -0.2) is 16.0 Å². The van der Waals surface area contributed by atoms with Crippen LogP contribution in [0.2, 0.25) is 5.02 Å². The number of benzene rings is 2. The van der Waals surface area contributed by atoms with E-state index in [4.69, 9.17) is 20.5 Å². The van der Waals surface area contributed by atoms with Crippen LogP contribution in [0.5, 0.6) is 0 Å². The fourth-order valence-electron chi connectivity index (χ4n) is 2.78. The highest BCUT2D eigenvalue weighted by atomic mass is 35.5. The number of aromatic nitrogens is 2. The normalized spacial score (nSPS) is 11.9. The first-order valence-electron chi connectivity index (χ1n) is 8.67. The van der Waals surface area contributed by atoms with Crippen LogP contribution in [0.3, 0.4) is 0 Å². The topological polar surface area (TPSA) is 81.2 Å².